The van der Waals surface area contributed by atoms with Gasteiger partial charge in [0.1, 0.15) is 5.75 Å². The van der Waals surface area contributed by atoms with Crippen molar-refractivity contribution in [1.29, 1.82) is 0 Å². The van der Waals surface area contributed by atoms with Crippen LogP contribution in [0.3, 0.4) is 0 Å². The van der Waals surface area contributed by atoms with Crippen molar-refractivity contribution in [2.24, 2.45) is 5.92 Å². The largest absolute Gasteiger partial charge is 0.497 e. The van der Waals surface area contributed by atoms with Gasteiger partial charge in [-0.2, -0.15) is 0 Å². The summed E-state index contributed by atoms with van der Waals surface area (Å²) in [6.07, 6.45) is 1.24. The molecule has 1 fully saturated rings. The lowest BCUT2D eigenvalue weighted by atomic mass is 9.95. The summed E-state index contributed by atoms with van der Waals surface area (Å²) < 4.78 is 5.22. The van der Waals surface area contributed by atoms with Crippen LogP contribution in [0, 0.1) is 5.92 Å². The van der Waals surface area contributed by atoms with Gasteiger partial charge in [-0.15, -0.1) is 0 Å². The number of benzene rings is 1. The number of methoxy groups -OCH3 is 1. The van der Waals surface area contributed by atoms with Gasteiger partial charge in [0.05, 0.1) is 7.11 Å². The number of nitrogens with one attached hydrogen (secondary N) is 1. The zero-order valence-corrected chi connectivity index (χ0v) is 13.2. The lowest BCUT2D eigenvalue weighted by Gasteiger charge is -2.41. The normalized spacial score (nSPS) is 25.4. The van der Waals surface area contributed by atoms with Crippen LogP contribution in [-0.4, -0.2) is 37.2 Å². The summed E-state index contributed by atoms with van der Waals surface area (Å²) in [5, 5.41) is 3.69. The Kier molecular flexibility index (Phi) is 5.44. The number of piperazine rings is 1. The number of hydrogen-bond acceptors (Lipinski definition) is 3. The van der Waals surface area contributed by atoms with Crippen LogP contribution in [0.25, 0.3) is 0 Å². The average Bonchev–Trinajstić information content (AvgIpc) is 2.49. The Morgan fingerprint density at radius 1 is 1.35 bits per heavy atom. The van der Waals surface area contributed by atoms with Gasteiger partial charge in [-0.05, 0) is 30.5 Å². The lowest BCUT2D eigenvalue weighted by Crippen LogP contribution is -2.56. The monoisotopic (exact) mass is 276 g/mol. The Bertz CT molecular complexity index is 404. The second-order valence-corrected chi connectivity index (χ2v) is 6.03. The highest BCUT2D eigenvalue weighted by molar-refractivity contribution is 5.27. The number of nitrogens with zero attached hydrogens (tertiary/aromatic N) is 1. The minimum Gasteiger partial charge on any atom is -0.497 e. The highest BCUT2D eigenvalue weighted by atomic mass is 16.5. The van der Waals surface area contributed by atoms with Gasteiger partial charge in [0.15, 0.2) is 0 Å². The minimum atomic E-state index is 0.595. The second-order valence-electron chi connectivity index (χ2n) is 6.03. The van der Waals surface area contributed by atoms with Gasteiger partial charge < -0.3 is 10.1 Å². The van der Waals surface area contributed by atoms with Gasteiger partial charge in [0.2, 0.25) is 0 Å². The van der Waals surface area contributed by atoms with Crippen molar-refractivity contribution in [3.05, 3.63) is 29.8 Å². The zero-order chi connectivity index (χ0) is 14.5. The Labute approximate surface area is 123 Å². The van der Waals surface area contributed by atoms with Gasteiger partial charge in [-0.1, -0.05) is 32.4 Å². The molecule has 2 rings (SSSR count). The van der Waals surface area contributed by atoms with Crippen molar-refractivity contribution in [3.63, 3.8) is 0 Å². The highest BCUT2D eigenvalue weighted by Crippen LogP contribution is 2.19. The first-order valence-electron chi connectivity index (χ1n) is 7.74. The van der Waals surface area contributed by atoms with E-state index in [1.165, 1.54) is 12.0 Å². The maximum absolute atomic E-state index is 5.22. The van der Waals surface area contributed by atoms with Crippen molar-refractivity contribution < 1.29 is 4.74 Å². The van der Waals surface area contributed by atoms with E-state index in [1.54, 1.807) is 7.11 Å². The minimum absolute atomic E-state index is 0.595. The summed E-state index contributed by atoms with van der Waals surface area (Å²) in [5.41, 5.74) is 1.36. The van der Waals surface area contributed by atoms with Crippen LogP contribution in [0.2, 0.25) is 0 Å². The predicted molar refractivity (Wildman–Crippen MR) is 84.1 cm³/mol. The van der Waals surface area contributed by atoms with E-state index in [2.05, 4.69) is 43.1 Å². The first kappa shape index (κ1) is 15.3. The molecule has 0 radical (unpaired) electrons. The summed E-state index contributed by atoms with van der Waals surface area (Å²) in [5.74, 6) is 1.67. The summed E-state index contributed by atoms with van der Waals surface area (Å²) in [4.78, 5) is 2.59. The summed E-state index contributed by atoms with van der Waals surface area (Å²) in [7, 11) is 1.71. The topological polar surface area (TPSA) is 24.5 Å². The third-order valence-corrected chi connectivity index (χ3v) is 4.61. The molecule has 1 heterocycles. The molecule has 112 valence electrons. The Morgan fingerprint density at radius 2 is 2.05 bits per heavy atom. The van der Waals surface area contributed by atoms with E-state index in [-0.39, 0.29) is 0 Å². The van der Waals surface area contributed by atoms with Gasteiger partial charge in [-0.25, -0.2) is 0 Å². The van der Waals surface area contributed by atoms with E-state index in [9.17, 15) is 0 Å². The molecule has 0 aromatic heterocycles. The summed E-state index contributed by atoms with van der Waals surface area (Å²) in [6.45, 7) is 10.2. The molecule has 0 spiro atoms. The fourth-order valence-corrected chi connectivity index (χ4v) is 2.80. The van der Waals surface area contributed by atoms with Crippen LogP contribution in [0.4, 0.5) is 0 Å². The molecule has 0 bridgehead atoms. The SMILES string of the molecule is CCC(C)C1CN(Cc2ccc(OC)cc2)C(C)CN1. The molecule has 3 atom stereocenters. The molecule has 0 amide bonds. The van der Waals surface area contributed by atoms with E-state index in [1.807, 2.05) is 12.1 Å². The predicted octanol–water partition coefficient (Wildman–Crippen LogP) is 2.90. The molecule has 3 heteroatoms. The average molecular weight is 276 g/mol. The van der Waals surface area contributed by atoms with E-state index < -0.39 is 0 Å². The van der Waals surface area contributed by atoms with Crippen LogP contribution < -0.4 is 10.1 Å². The van der Waals surface area contributed by atoms with Gasteiger partial charge in [-0.3, -0.25) is 4.90 Å². The molecule has 0 saturated carbocycles. The molecule has 1 aromatic carbocycles. The highest BCUT2D eigenvalue weighted by Gasteiger charge is 2.27. The molecular weight excluding hydrogens is 248 g/mol. The van der Waals surface area contributed by atoms with Crippen molar-refractivity contribution in [1.82, 2.24) is 10.2 Å². The molecule has 1 aliphatic rings. The molecular formula is C17H28N2O. The van der Waals surface area contributed by atoms with Crippen LogP contribution in [0.5, 0.6) is 5.75 Å². The first-order chi connectivity index (χ1) is 9.63. The smallest absolute Gasteiger partial charge is 0.118 e. The van der Waals surface area contributed by atoms with Crippen molar-refractivity contribution in [2.75, 3.05) is 20.2 Å². The Hall–Kier alpha value is -1.06. The van der Waals surface area contributed by atoms with E-state index in [4.69, 9.17) is 4.74 Å². The van der Waals surface area contributed by atoms with Crippen molar-refractivity contribution >= 4 is 0 Å². The van der Waals surface area contributed by atoms with Gasteiger partial charge >= 0.3 is 0 Å². The Morgan fingerprint density at radius 3 is 2.65 bits per heavy atom. The molecule has 0 aliphatic carbocycles. The van der Waals surface area contributed by atoms with Gasteiger partial charge in [0, 0.05) is 31.7 Å². The van der Waals surface area contributed by atoms with Crippen LogP contribution in [0.15, 0.2) is 24.3 Å². The number of ether oxygens (including phenoxy) is 1. The fourth-order valence-electron chi connectivity index (χ4n) is 2.80. The van der Waals surface area contributed by atoms with E-state index in [0.29, 0.717) is 12.1 Å². The second kappa shape index (κ2) is 7.09. The van der Waals surface area contributed by atoms with E-state index in [0.717, 1.165) is 31.3 Å². The molecule has 1 N–H and O–H groups in total. The van der Waals surface area contributed by atoms with Crippen molar-refractivity contribution in [2.45, 2.75) is 45.8 Å². The fraction of sp³-hybridized carbons (Fsp3) is 0.647. The number of rotatable bonds is 5. The third-order valence-electron chi connectivity index (χ3n) is 4.61. The molecule has 20 heavy (non-hydrogen) atoms. The van der Waals surface area contributed by atoms with Crippen LogP contribution >= 0.6 is 0 Å². The van der Waals surface area contributed by atoms with Crippen LogP contribution in [-0.2, 0) is 6.54 Å². The maximum Gasteiger partial charge on any atom is 0.118 e. The lowest BCUT2D eigenvalue weighted by molar-refractivity contribution is 0.112. The number of hydrogen-bond donors (Lipinski definition) is 1. The molecule has 3 unspecified atom stereocenters. The zero-order valence-electron chi connectivity index (χ0n) is 13.2. The molecule has 1 aromatic rings. The van der Waals surface area contributed by atoms with Crippen LogP contribution in [0.1, 0.15) is 32.8 Å². The summed E-state index contributed by atoms with van der Waals surface area (Å²) in [6, 6.07) is 9.66. The molecule has 1 aliphatic heterocycles. The third kappa shape index (κ3) is 3.74. The quantitative estimate of drug-likeness (QED) is 0.895. The molecule has 1 saturated heterocycles. The Balaban J connectivity index is 1.98. The summed E-state index contributed by atoms with van der Waals surface area (Å²) >= 11 is 0. The standard InChI is InChI=1S/C17H28N2O/c1-5-13(2)17-12-19(14(3)10-18-17)11-15-6-8-16(20-4)9-7-15/h6-9,13-14,17-18H,5,10-12H2,1-4H3. The van der Waals surface area contributed by atoms with Crippen molar-refractivity contribution in [3.8, 4) is 5.75 Å². The maximum atomic E-state index is 5.22. The first-order valence-corrected chi connectivity index (χ1v) is 7.74. The van der Waals surface area contributed by atoms with E-state index >= 15 is 0 Å². The molecule has 3 nitrogen and oxygen atoms in total. The van der Waals surface area contributed by atoms with Gasteiger partial charge in [0.25, 0.3) is 0 Å².